The van der Waals surface area contributed by atoms with E-state index in [1.54, 1.807) is 0 Å². The summed E-state index contributed by atoms with van der Waals surface area (Å²) in [6.07, 6.45) is 9.62. The summed E-state index contributed by atoms with van der Waals surface area (Å²) in [5.74, 6) is 0. The lowest BCUT2D eigenvalue weighted by molar-refractivity contribution is 0.596. The van der Waals surface area contributed by atoms with Crippen molar-refractivity contribution in [2.45, 2.75) is 58.8 Å². The van der Waals surface area contributed by atoms with Gasteiger partial charge >= 0.3 is 0 Å². The van der Waals surface area contributed by atoms with E-state index in [0.717, 1.165) is 6.54 Å². The van der Waals surface area contributed by atoms with Gasteiger partial charge in [0.1, 0.15) is 0 Å². The van der Waals surface area contributed by atoms with Crippen LogP contribution in [0.15, 0.2) is 18.2 Å². The van der Waals surface area contributed by atoms with E-state index < -0.39 is 0 Å². The molecule has 0 radical (unpaired) electrons. The fourth-order valence-electron chi connectivity index (χ4n) is 2.02. The molecule has 0 aliphatic carbocycles. The molecule has 0 spiro atoms. The van der Waals surface area contributed by atoms with Crippen LogP contribution in [0.4, 0.5) is 5.69 Å². The Kier molecular flexibility index (Phi) is 8.47. The van der Waals surface area contributed by atoms with E-state index in [1.165, 1.54) is 59.8 Å². The molecule has 1 N–H and O–H groups in total. The maximum Gasteiger partial charge on any atom is 0.0350 e. The van der Waals surface area contributed by atoms with Gasteiger partial charge in [-0.1, -0.05) is 51.5 Å². The summed E-state index contributed by atoms with van der Waals surface area (Å²) in [5, 5.41) is 3.51. The quantitative estimate of drug-likeness (QED) is 0.436. The third-order valence-corrected chi connectivity index (χ3v) is 4.44. The van der Waals surface area contributed by atoms with Gasteiger partial charge in [-0.15, -0.1) is 0 Å². The highest BCUT2D eigenvalue weighted by molar-refractivity contribution is 14.1. The first-order chi connectivity index (χ1) is 8.74. The average molecular weight is 359 g/mol. The van der Waals surface area contributed by atoms with E-state index in [4.69, 9.17) is 0 Å². The predicted molar refractivity (Wildman–Crippen MR) is 90.4 cm³/mol. The maximum absolute atomic E-state index is 3.51. The molecular formula is C16H26IN. The number of unbranched alkanes of at least 4 members (excludes halogenated alkanes) is 6. The van der Waals surface area contributed by atoms with Crippen LogP contribution in [0.3, 0.4) is 0 Å². The van der Waals surface area contributed by atoms with Crippen LogP contribution in [-0.4, -0.2) is 6.54 Å². The predicted octanol–water partition coefficient (Wildman–Crippen LogP) is 5.76. The molecule has 1 rings (SSSR count). The summed E-state index contributed by atoms with van der Waals surface area (Å²) in [4.78, 5) is 0. The summed E-state index contributed by atoms with van der Waals surface area (Å²) in [6, 6.07) is 6.60. The third kappa shape index (κ3) is 6.62. The van der Waals surface area contributed by atoms with Crippen molar-refractivity contribution in [2.24, 2.45) is 0 Å². The Hall–Kier alpha value is -0.250. The van der Waals surface area contributed by atoms with Crippen molar-refractivity contribution in [1.29, 1.82) is 0 Å². The largest absolute Gasteiger partial charge is 0.385 e. The molecule has 0 bridgehead atoms. The summed E-state index contributed by atoms with van der Waals surface area (Å²) < 4.78 is 1.34. The van der Waals surface area contributed by atoms with Crippen molar-refractivity contribution in [3.05, 3.63) is 27.3 Å². The summed E-state index contributed by atoms with van der Waals surface area (Å²) in [6.45, 7) is 5.53. The lowest BCUT2D eigenvalue weighted by Crippen LogP contribution is -2.01. The van der Waals surface area contributed by atoms with Crippen LogP contribution >= 0.6 is 22.6 Å². The van der Waals surface area contributed by atoms with E-state index in [1.807, 2.05) is 0 Å². The van der Waals surface area contributed by atoms with Crippen molar-refractivity contribution in [2.75, 3.05) is 11.9 Å². The first kappa shape index (κ1) is 15.8. The highest BCUT2D eigenvalue weighted by Gasteiger charge is 1.96. The first-order valence-corrected chi connectivity index (χ1v) is 8.32. The lowest BCUT2D eigenvalue weighted by atomic mass is 10.1. The van der Waals surface area contributed by atoms with E-state index >= 15 is 0 Å². The van der Waals surface area contributed by atoms with Crippen molar-refractivity contribution in [3.8, 4) is 0 Å². The van der Waals surface area contributed by atoms with E-state index in [2.05, 4.69) is 60.0 Å². The minimum absolute atomic E-state index is 1.10. The number of hydrogen-bond donors (Lipinski definition) is 1. The van der Waals surface area contributed by atoms with Gasteiger partial charge in [0.05, 0.1) is 0 Å². The Bertz CT molecular complexity index is 336. The molecule has 0 saturated carbocycles. The first-order valence-electron chi connectivity index (χ1n) is 7.24. The Morgan fingerprint density at radius 1 is 1.00 bits per heavy atom. The van der Waals surface area contributed by atoms with Crippen molar-refractivity contribution in [3.63, 3.8) is 0 Å². The Balaban J connectivity index is 2.05. The summed E-state index contributed by atoms with van der Waals surface area (Å²) in [5.41, 5.74) is 2.62. The third-order valence-electron chi connectivity index (χ3n) is 3.28. The zero-order valence-electron chi connectivity index (χ0n) is 11.8. The van der Waals surface area contributed by atoms with E-state index in [0.29, 0.717) is 0 Å². The molecule has 0 aromatic heterocycles. The molecule has 0 fully saturated rings. The lowest BCUT2D eigenvalue weighted by Gasteiger charge is -2.08. The molecule has 2 heteroatoms. The molecular weight excluding hydrogens is 333 g/mol. The zero-order chi connectivity index (χ0) is 13.2. The number of anilines is 1. The topological polar surface area (TPSA) is 12.0 Å². The minimum Gasteiger partial charge on any atom is -0.385 e. The molecule has 0 saturated heterocycles. The number of hydrogen-bond acceptors (Lipinski definition) is 1. The van der Waals surface area contributed by atoms with Crippen molar-refractivity contribution >= 4 is 28.3 Å². The summed E-state index contributed by atoms with van der Waals surface area (Å²) in [7, 11) is 0. The SMILES string of the molecule is CCCCCCCCCNc1ccc(C)c(I)c1. The van der Waals surface area contributed by atoms with Crippen molar-refractivity contribution in [1.82, 2.24) is 0 Å². The number of nitrogens with one attached hydrogen (secondary N) is 1. The zero-order valence-corrected chi connectivity index (χ0v) is 13.9. The van der Waals surface area contributed by atoms with Gasteiger partial charge in [0, 0.05) is 15.8 Å². The highest BCUT2D eigenvalue weighted by atomic mass is 127. The Labute approximate surface area is 126 Å². The maximum atomic E-state index is 3.51. The van der Waals surface area contributed by atoms with E-state index in [-0.39, 0.29) is 0 Å². The van der Waals surface area contributed by atoms with Crippen LogP contribution in [0.1, 0.15) is 57.4 Å². The van der Waals surface area contributed by atoms with Crippen LogP contribution in [0.25, 0.3) is 0 Å². The molecule has 0 amide bonds. The monoisotopic (exact) mass is 359 g/mol. The molecule has 0 aliphatic heterocycles. The second kappa shape index (κ2) is 9.65. The molecule has 0 heterocycles. The van der Waals surface area contributed by atoms with Gasteiger partial charge in [0.2, 0.25) is 0 Å². The molecule has 1 aromatic rings. The molecule has 102 valence electrons. The minimum atomic E-state index is 1.10. The summed E-state index contributed by atoms with van der Waals surface area (Å²) >= 11 is 2.40. The van der Waals surface area contributed by atoms with Gasteiger partial charge in [0.15, 0.2) is 0 Å². The number of rotatable bonds is 9. The van der Waals surface area contributed by atoms with Gasteiger partial charge in [-0.05, 0) is 53.6 Å². The number of aryl methyl sites for hydroxylation is 1. The van der Waals surface area contributed by atoms with Crippen LogP contribution in [-0.2, 0) is 0 Å². The molecule has 1 aromatic carbocycles. The van der Waals surface area contributed by atoms with Gasteiger partial charge in [0.25, 0.3) is 0 Å². The molecule has 18 heavy (non-hydrogen) atoms. The van der Waals surface area contributed by atoms with Crippen molar-refractivity contribution < 1.29 is 0 Å². The van der Waals surface area contributed by atoms with Gasteiger partial charge in [-0.3, -0.25) is 0 Å². The second-order valence-electron chi connectivity index (χ2n) is 5.01. The van der Waals surface area contributed by atoms with Crippen LogP contribution in [0.5, 0.6) is 0 Å². The van der Waals surface area contributed by atoms with Crippen LogP contribution in [0.2, 0.25) is 0 Å². The smallest absolute Gasteiger partial charge is 0.0350 e. The average Bonchev–Trinajstić information content (AvgIpc) is 2.37. The van der Waals surface area contributed by atoms with E-state index in [9.17, 15) is 0 Å². The Morgan fingerprint density at radius 2 is 1.67 bits per heavy atom. The fourth-order valence-corrected chi connectivity index (χ4v) is 2.53. The van der Waals surface area contributed by atoms with Crippen LogP contribution < -0.4 is 5.32 Å². The van der Waals surface area contributed by atoms with Crippen LogP contribution in [0, 0.1) is 10.5 Å². The number of halogens is 1. The second-order valence-corrected chi connectivity index (χ2v) is 6.17. The standard InChI is InChI=1S/C16H26IN/c1-3-4-5-6-7-8-9-12-18-15-11-10-14(2)16(17)13-15/h10-11,13,18H,3-9,12H2,1-2H3. The van der Waals surface area contributed by atoms with Gasteiger partial charge in [-0.2, -0.15) is 0 Å². The normalized spacial score (nSPS) is 10.6. The molecule has 0 aliphatic rings. The highest BCUT2D eigenvalue weighted by Crippen LogP contribution is 2.17. The fraction of sp³-hybridized carbons (Fsp3) is 0.625. The Morgan fingerprint density at radius 3 is 2.33 bits per heavy atom. The van der Waals surface area contributed by atoms with Gasteiger partial charge < -0.3 is 5.32 Å². The molecule has 0 atom stereocenters. The molecule has 1 nitrogen and oxygen atoms in total. The molecule has 0 unspecified atom stereocenters. The van der Waals surface area contributed by atoms with Gasteiger partial charge in [-0.25, -0.2) is 0 Å². The number of benzene rings is 1.